The zero-order valence-corrected chi connectivity index (χ0v) is 19.3. The number of sulfonamides is 1. The van der Waals surface area contributed by atoms with E-state index in [0.717, 1.165) is 30.0 Å². The van der Waals surface area contributed by atoms with Gasteiger partial charge >= 0.3 is 5.69 Å². The molecule has 0 atom stereocenters. The van der Waals surface area contributed by atoms with Crippen LogP contribution in [0.15, 0.2) is 68.0 Å². The van der Waals surface area contributed by atoms with Gasteiger partial charge in [-0.3, -0.25) is 14.8 Å². The number of aromatic hydroxyl groups is 1. The predicted molar refractivity (Wildman–Crippen MR) is 127 cm³/mol. The molecule has 2 heterocycles. The second-order valence-corrected chi connectivity index (χ2v) is 9.66. The fourth-order valence-electron chi connectivity index (χ4n) is 3.79. The van der Waals surface area contributed by atoms with Crippen LogP contribution in [-0.4, -0.2) is 53.8 Å². The lowest BCUT2D eigenvalue weighted by atomic mass is 10.2. The molecule has 3 aromatic rings. The van der Waals surface area contributed by atoms with Crippen LogP contribution >= 0.6 is 0 Å². The Morgan fingerprint density at radius 2 is 1.76 bits per heavy atom. The van der Waals surface area contributed by atoms with Crippen LogP contribution in [0.4, 0.5) is 5.69 Å². The van der Waals surface area contributed by atoms with Gasteiger partial charge in [-0.05, 0) is 43.2 Å². The highest BCUT2D eigenvalue weighted by Crippen LogP contribution is 2.32. The van der Waals surface area contributed by atoms with Crippen molar-refractivity contribution in [3.8, 4) is 17.3 Å². The predicted octanol–water partition coefficient (Wildman–Crippen LogP) is 2.17. The molecule has 0 saturated carbocycles. The molecule has 1 saturated heterocycles. The molecule has 0 aliphatic carbocycles. The number of hydrogen-bond acceptors (Lipinski definition) is 7. The number of hydrogen-bond donors (Lipinski definition) is 2. The molecule has 1 aliphatic heterocycles. The number of aromatic amines is 1. The summed E-state index contributed by atoms with van der Waals surface area (Å²) in [4.78, 5) is 31.1. The van der Waals surface area contributed by atoms with E-state index >= 15 is 0 Å². The first-order valence-corrected chi connectivity index (χ1v) is 12.1. The Morgan fingerprint density at radius 1 is 1.06 bits per heavy atom. The summed E-state index contributed by atoms with van der Waals surface area (Å²) in [6.07, 6.45) is 3.68. The number of nitrogens with one attached hydrogen (secondary N) is 1. The van der Waals surface area contributed by atoms with Crippen molar-refractivity contribution in [2.24, 2.45) is 4.99 Å². The molecule has 0 bridgehead atoms. The first kappa shape index (κ1) is 23.5. The zero-order chi connectivity index (χ0) is 24.3. The Labute approximate surface area is 195 Å². The normalized spacial score (nSPS) is 15.0. The summed E-state index contributed by atoms with van der Waals surface area (Å²) in [6, 6.07) is 12.6. The van der Waals surface area contributed by atoms with Crippen LogP contribution in [0.2, 0.25) is 0 Å². The number of para-hydroxylation sites is 1. The SMILES string of the molecule is COc1ccc(S(=O)(=O)N2CCCCC2)cc1N=Cc1c(O)n(-c2ccccc2)c(=O)[nH]c1=O. The van der Waals surface area contributed by atoms with Gasteiger partial charge in [-0.1, -0.05) is 24.6 Å². The van der Waals surface area contributed by atoms with Gasteiger partial charge in [0.15, 0.2) is 0 Å². The van der Waals surface area contributed by atoms with Crippen molar-refractivity contribution in [1.82, 2.24) is 13.9 Å². The highest BCUT2D eigenvalue weighted by Gasteiger charge is 2.26. The number of piperidine rings is 1. The monoisotopic (exact) mass is 484 g/mol. The van der Waals surface area contributed by atoms with Gasteiger partial charge in [-0.15, -0.1) is 0 Å². The highest BCUT2D eigenvalue weighted by atomic mass is 32.2. The fraction of sp³-hybridized carbons (Fsp3) is 0.261. The van der Waals surface area contributed by atoms with Crippen molar-refractivity contribution in [2.75, 3.05) is 20.2 Å². The third-order valence-corrected chi connectivity index (χ3v) is 7.47. The number of ether oxygens (including phenoxy) is 1. The fourth-order valence-corrected chi connectivity index (χ4v) is 5.33. The van der Waals surface area contributed by atoms with E-state index in [2.05, 4.69) is 9.98 Å². The Hall–Kier alpha value is -3.70. The number of benzene rings is 2. The maximum Gasteiger partial charge on any atom is 0.335 e. The molecule has 2 aromatic carbocycles. The molecular formula is C23H24N4O6S. The van der Waals surface area contributed by atoms with Gasteiger partial charge in [0.05, 0.1) is 17.7 Å². The molecule has 178 valence electrons. The third kappa shape index (κ3) is 4.52. The lowest BCUT2D eigenvalue weighted by molar-refractivity contribution is 0.346. The Morgan fingerprint density at radius 3 is 2.44 bits per heavy atom. The van der Waals surface area contributed by atoms with Crippen molar-refractivity contribution in [1.29, 1.82) is 0 Å². The summed E-state index contributed by atoms with van der Waals surface area (Å²) in [5.41, 5.74) is -1.41. The van der Waals surface area contributed by atoms with Gasteiger partial charge in [0.25, 0.3) is 5.56 Å². The number of aromatic nitrogens is 2. The number of aliphatic imine (C=N–C) groups is 1. The number of H-pyrrole nitrogens is 1. The van der Waals surface area contributed by atoms with Crippen LogP contribution < -0.4 is 16.0 Å². The van der Waals surface area contributed by atoms with Gasteiger partial charge < -0.3 is 9.84 Å². The molecule has 0 amide bonds. The molecule has 11 heteroatoms. The molecule has 4 rings (SSSR count). The van der Waals surface area contributed by atoms with Crippen LogP contribution in [0, 0.1) is 0 Å². The van der Waals surface area contributed by atoms with Gasteiger partial charge in [0.2, 0.25) is 15.9 Å². The van der Waals surface area contributed by atoms with Crippen molar-refractivity contribution in [3.63, 3.8) is 0 Å². The summed E-state index contributed by atoms with van der Waals surface area (Å²) in [5, 5.41) is 10.7. The lowest BCUT2D eigenvalue weighted by Gasteiger charge is -2.26. The highest BCUT2D eigenvalue weighted by molar-refractivity contribution is 7.89. The summed E-state index contributed by atoms with van der Waals surface area (Å²) >= 11 is 0. The van der Waals surface area contributed by atoms with E-state index < -0.39 is 27.2 Å². The topological polar surface area (TPSA) is 134 Å². The summed E-state index contributed by atoms with van der Waals surface area (Å²) < 4.78 is 33.8. The van der Waals surface area contributed by atoms with Crippen LogP contribution in [0.25, 0.3) is 5.69 Å². The van der Waals surface area contributed by atoms with Crippen LogP contribution in [-0.2, 0) is 10.0 Å². The van der Waals surface area contributed by atoms with Gasteiger partial charge in [0, 0.05) is 19.3 Å². The minimum Gasteiger partial charge on any atom is -0.494 e. The van der Waals surface area contributed by atoms with Gasteiger partial charge in [-0.25, -0.2) is 17.8 Å². The third-order valence-electron chi connectivity index (χ3n) is 5.57. The molecule has 0 radical (unpaired) electrons. The molecule has 10 nitrogen and oxygen atoms in total. The molecule has 1 fully saturated rings. The van der Waals surface area contributed by atoms with E-state index in [9.17, 15) is 23.1 Å². The Bertz CT molecular complexity index is 1440. The average molecular weight is 485 g/mol. The van der Waals surface area contributed by atoms with E-state index in [-0.39, 0.29) is 21.9 Å². The summed E-state index contributed by atoms with van der Waals surface area (Å²) in [5.74, 6) is -0.319. The smallest absolute Gasteiger partial charge is 0.335 e. The molecule has 0 unspecified atom stereocenters. The van der Waals surface area contributed by atoms with Crippen molar-refractivity contribution in [2.45, 2.75) is 24.2 Å². The van der Waals surface area contributed by atoms with E-state index in [1.807, 2.05) is 0 Å². The largest absolute Gasteiger partial charge is 0.494 e. The van der Waals surface area contributed by atoms with E-state index in [0.29, 0.717) is 18.8 Å². The Balaban J connectivity index is 1.76. The summed E-state index contributed by atoms with van der Waals surface area (Å²) in [7, 11) is -2.31. The van der Waals surface area contributed by atoms with Crippen molar-refractivity contribution in [3.05, 3.63) is 74.9 Å². The van der Waals surface area contributed by atoms with Gasteiger partial charge in [0.1, 0.15) is 17.0 Å². The maximum absolute atomic E-state index is 13.1. The quantitative estimate of drug-likeness (QED) is 0.515. The standard InChI is InChI=1S/C23H24N4O6S/c1-33-20-11-10-17(34(31,32)26-12-6-3-7-13-26)14-19(20)24-15-18-21(28)25-23(30)27(22(18)29)16-8-4-2-5-9-16/h2,4-5,8-11,14-15,29H,3,6-7,12-13H2,1H3,(H,25,28,30). The van der Waals surface area contributed by atoms with Crippen LogP contribution in [0.5, 0.6) is 11.6 Å². The maximum atomic E-state index is 13.1. The second-order valence-electron chi connectivity index (χ2n) is 7.72. The minimum atomic E-state index is -3.72. The van der Waals surface area contributed by atoms with E-state index in [1.54, 1.807) is 30.3 Å². The average Bonchev–Trinajstić information content (AvgIpc) is 2.84. The number of rotatable bonds is 6. The molecule has 34 heavy (non-hydrogen) atoms. The first-order valence-electron chi connectivity index (χ1n) is 10.7. The van der Waals surface area contributed by atoms with Crippen LogP contribution in [0.1, 0.15) is 24.8 Å². The molecular weight excluding hydrogens is 460 g/mol. The first-order chi connectivity index (χ1) is 16.3. The minimum absolute atomic E-state index is 0.0507. The van der Waals surface area contributed by atoms with Crippen molar-refractivity contribution < 1.29 is 18.3 Å². The molecule has 1 aliphatic rings. The van der Waals surface area contributed by atoms with E-state index in [4.69, 9.17) is 4.74 Å². The summed E-state index contributed by atoms with van der Waals surface area (Å²) in [6.45, 7) is 0.911. The molecule has 0 spiro atoms. The second kappa shape index (κ2) is 9.65. The lowest BCUT2D eigenvalue weighted by Crippen LogP contribution is -2.35. The molecule has 1 aromatic heterocycles. The van der Waals surface area contributed by atoms with E-state index in [1.165, 1.54) is 29.6 Å². The van der Waals surface area contributed by atoms with Crippen molar-refractivity contribution >= 4 is 21.9 Å². The molecule has 2 N–H and O–H groups in total. The van der Waals surface area contributed by atoms with Crippen LogP contribution in [0.3, 0.4) is 0 Å². The number of nitrogens with zero attached hydrogens (tertiary/aromatic N) is 3. The number of methoxy groups -OCH3 is 1. The van der Waals surface area contributed by atoms with Gasteiger partial charge in [-0.2, -0.15) is 4.31 Å². The Kier molecular flexibility index (Phi) is 6.66. The zero-order valence-electron chi connectivity index (χ0n) is 18.5.